The number of ketones is 1. The van der Waals surface area contributed by atoms with Crippen LogP contribution in [-0.4, -0.2) is 10.4 Å². The van der Waals surface area contributed by atoms with Gasteiger partial charge >= 0.3 is 4.87 Å². The first-order chi connectivity index (χ1) is 8.15. The Bertz CT molecular complexity index is 571. The van der Waals surface area contributed by atoms with Gasteiger partial charge in [-0.2, -0.15) is 0 Å². The monoisotopic (exact) mass is 251 g/mol. The zero-order valence-corrected chi connectivity index (χ0v) is 9.74. The maximum absolute atomic E-state index is 12.7. The van der Waals surface area contributed by atoms with Crippen molar-refractivity contribution in [1.29, 1.82) is 0 Å². The summed E-state index contributed by atoms with van der Waals surface area (Å²) < 4.78 is 14.0. The average molecular weight is 251 g/mol. The standard InChI is InChI=1S/C12H10FNO2S/c13-10-3-1-9(2-4-10)7-11(15)8-14-5-6-17-12(14)16/h1-6H,7-8H2. The summed E-state index contributed by atoms with van der Waals surface area (Å²) in [6.07, 6.45) is 1.80. The number of carbonyl (C=O) groups is 1. The number of benzene rings is 1. The van der Waals surface area contributed by atoms with Gasteiger partial charge in [0.1, 0.15) is 5.82 Å². The molecule has 5 heteroatoms. The van der Waals surface area contributed by atoms with Crippen LogP contribution in [0.4, 0.5) is 4.39 Å². The lowest BCUT2D eigenvalue weighted by Crippen LogP contribution is -2.19. The number of hydrogen-bond donors (Lipinski definition) is 0. The second kappa shape index (κ2) is 5.05. The highest BCUT2D eigenvalue weighted by atomic mass is 32.1. The van der Waals surface area contributed by atoms with Crippen LogP contribution in [0.5, 0.6) is 0 Å². The molecule has 0 spiro atoms. The van der Waals surface area contributed by atoms with E-state index in [2.05, 4.69) is 0 Å². The van der Waals surface area contributed by atoms with Crippen molar-refractivity contribution in [2.45, 2.75) is 13.0 Å². The number of nitrogens with zero attached hydrogens (tertiary/aromatic N) is 1. The lowest BCUT2D eigenvalue weighted by molar-refractivity contribution is -0.119. The van der Waals surface area contributed by atoms with Crippen molar-refractivity contribution in [2.75, 3.05) is 0 Å². The molecule has 1 aromatic carbocycles. The van der Waals surface area contributed by atoms with E-state index in [4.69, 9.17) is 0 Å². The normalized spacial score (nSPS) is 10.4. The summed E-state index contributed by atoms with van der Waals surface area (Å²) in [7, 11) is 0. The molecule has 1 aromatic heterocycles. The Morgan fingerprint density at radius 3 is 2.59 bits per heavy atom. The van der Waals surface area contributed by atoms with Crippen LogP contribution < -0.4 is 4.87 Å². The molecule has 0 saturated carbocycles. The molecule has 0 aliphatic rings. The first-order valence-electron chi connectivity index (χ1n) is 5.05. The highest BCUT2D eigenvalue weighted by Crippen LogP contribution is 2.04. The molecular formula is C12H10FNO2S. The molecule has 3 nitrogen and oxygen atoms in total. The average Bonchev–Trinajstić information content (AvgIpc) is 2.68. The SMILES string of the molecule is O=C(Cc1ccc(F)cc1)Cn1ccsc1=O. The number of carbonyl (C=O) groups excluding carboxylic acids is 1. The van der Waals surface area contributed by atoms with Crippen molar-refractivity contribution >= 4 is 17.1 Å². The second-order valence-corrected chi connectivity index (χ2v) is 4.50. The lowest BCUT2D eigenvalue weighted by Gasteiger charge is -2.01. The Hall–Kier alpha value is -1.75. The summed E-state index contributed by atoms with van der Waals surface area (Å²) in [6.45, 7) is 0.0692. The second-order valence-electron chi connectivity index (χ2n) is 3.64. The Kier molecular flexibility index (Phi) is 3.49. The zero-order valence-electron chi connectivity index (χ0n) is 8.93. The van der Waals surface area contributed by atoms with E-state index < -0.39 is 0 Å². The van der Waals surface area contributed by atoms with Crippen LogP contribution in [0.3, 0.4) is 0 Å². The molecule has 0 amide bonds. The van der Waals surface area contributed by atoms with Crippen molar-refractivity contribution in [1.82, 2.24) is 4.57 Å². The number of hydrogen-bond acceptors (Lipinski definition) is 3. The van der Waals surface area contributed by atoms with Crippen LogP contribution in [0, 0.1) is 5.82 Å². The van der Waals surface area contributed by atoms with Crippen LogP contribution in [0.2, 0.25) is 0 Å². The Balaban J connectivity index is 2.00. The van der Waals surface area contributed by atoms with E-state index in [0.29, 0.717) is 0 Å². The Labute approximate surface area is 101 Å². The first kappa shape index (κ1) is 11.7. The third-order valence-corrected chi connectivity index (χ3v) is 3.00. The molecule has 17 heavy (non-hydrogen) atoms. The fraction of sp³-hybridized carbons (Fsp3) is 0.167. The van der Waals surface area contributed by atoms with Crippen LogP contribution in [-0.2, 0) is 17.8 Å². The van der Waals surface area contributed by atoms with E-state index in [1.54, 1.807) is 23.7 Å². The summed E-state index contributed by atoms with van der Waals surface area (Å²) in [4.78, 5) is 22.8. The quantitative estimate of drug-likeness (QED) is 0.832. The minimum absolute atomic E-state index is 0.0692. The summed E-state index contributed by atoms with van der Waals surface area (Å²) in [5, 5.41) is 1.65. The molecule has 0 aliphatic heterocycles. The third-order valence-electron chi connectivity index (χ3n) is 2.31. The predicted octanol–water partition coefficient (Wildman–Crippen LogP) is 1.86. The van der Waals surface area contributed by atoms with Gasteiger partial charge in [0.25, 0.3) is 0 Å². The van der Waals surface area contributed by atoms with Crippen molar-refractivity contribution in [2.24, 2.45) is 0 Å². The molecule has 0 saturated heterocycles. The molecule has 2 rings (SSSR count). The van der Waals surface area contributed by atoms with E-state index in [-0.39, 0.29) is 29.4 Å². The summed E-state index contributed by atoms with van der Waals surface area (Å²) >= 11 is 1.06. The van der Waals surface area contributed by atoms with Crippen molar-refractivity contribution < 1.29 is 9.18 Å². The number of thiazole rings is 1. The van der Waals surface area contributed by atoms with Crippen LogP contribution in [0.1, 0.15) is 5.56 Å². The van der Waals surface area contributed by atoms with Crippen LogP contribution in [0.15, 0.2) is 40.6 Å². The molecule has 0 aliphatic carbocycles. The Morgan fingerprint density at radius 2 is 2.00 bits per heavy atom. The van der Waals surface area contributed by atoms with E-state index in [9.17, 15) is 14.0 Å². The number of halogens is 1. The van der Waals surface area contributed by atoms with Crippen molar-refractivity contribution in [3.8, 4) is 0 Å². The zero-order chi connectivity index (χ0) is 12.3. The summed E-state index contributed by atoms with van der Waals surface area (Å²) in [5.74, 6) is -0.396. The number of aromatic nitrogens is 1. The maximum atomic E-state index is 12.7. The first-order valence-corrected chi connectivity index (χ1v) is 5.93. The van der Waals surface area contributed by atoms with Gasteiger partial charge in [0.05, 0.1) is 6.54 Å². The molecule has 0 bridgehead atoms. The van der Waals surface area contributed by atoms with Crippen LogP contribution >= 0.6 is 11.3 Å². The van der Waals surface area contributed by atoms with Crippen LogP contribution in [0.25, 0.3) is 0 Å². The van der Waals surface area contributed by atoms with Gasteiger partial charge in [-0.1, -0.05) is 23.5 Å². The van der Waals surface area contributed by atoms with Crippen molar-refractivity contribution in [3.05, 3.63) is 56.9 Å². The summed E-state index contributed by atoms with van der Waals surface area (Å²) in [6, 6.07) is 5.78. The van der Waals surface area contributed by atoms with Crippen molar-refractivity contribution in [3.63, 3.8) is 0 Å². The molecule has 0 radical (unpaired) electrons. The lowest BCUT2D eigenvalue weighted by atomic mass is 10.1. The highest BCUT2D eigenvalue weighted by Gasteiger charge is 2.06. The molecule has 88 valence electrons. The molecule has 0 N–H and O–H groups in total. The maximum Gasteiger partial charge on any atom is 0.307 e. The van der Waals surface area contributed by atoms with Gasteiger partial charge < -0.3 is 0 Å². The third kappa shape index (κ3) is 3.10. The molecule has 0 atom stereocenters. The minimum atomic E-state index is -0.324. The fourth-order valence-electron chi connectivity index (χ4n) is 1.48. The van der Waals surface area contributed by atoms with Gasteiger partial charge in [-0.25, -0.2) is 4.39 Å². The Morgan fingerprint density at radius 1 is 1.29 bits per heavy atom. The fourth-order valence-corrected chi connectivity index (χ4v) is 2.07. The van der Waals surface area contributed by atoms with E-state index >= 15 is 0 Å². The topological polar surface area (TPSA) is 39.1 Å². The molecule has 1 heterocycles. The molecular weight excluding hydrogens is 241 g/mol. The summed E-state index contributed by atoms with van der Waals surface area (Å²) in [5.41, 5.74) is 0.750. The predicted molar refractivity (Wildman–Crippen MR) is 63.7 cm³/mol. The van der Waals surface area contributed by atoms with Gasteiger partial charge in [0.15, 0.2) is 5.78 Å². The van der Waals surface area contributed by atoms with E-state index in [1.165, 1.54) is 16.7 Å². The minimum Gasteiger partial charge on any atom is -0.299 e. The number of Topliss-reactive ketones (excluding diaryl/α,β-unsaturated/α-hetero) is 1. The van der Waals surface area contributed by atoms with E-state index in [1.807, 2.05) is 0 Å². The van der Waals surface area contributed by atoms with Gasteiger partial charge in [-0.05, 0) is 17.7 Å². The van der Waals surface area contributed by atoms with E-state index in [0.717, 1.165) is 16.9 Å². The van der Waals surface area contributed by atoms with Gasteiger partial charge in [0.2, 0.25) is 0 Å². The number of rotatable bonds is 4. The molecule has 0 fully saturated rings. The molecule has 0 unspecified atom stereocenters. The molecule has 2 aromatic rings. The van der Waals surface area contributed by atoms with Gasteiger partial charge in [0, 0.05) is 18.0 Å². The van der Waals surface area contributed by atoms with Gasteiger partial charge in [-0.15, -0.1) is 0 Å². The highest BCUT2D eigenvalue weighted by molar-refractivity contribution is 7.07. The smallest absolute Gasteiger partial charge is 0.299 e. The largest absolute Gasteiger partial charge is 0.307 e. The van der Waals surface area contributed by atoms with Gasteiger partial charge in [-0.3, -0.25) is 14.2 Å².